The van der Waals surface area contributed by atoms with Crippen LogP contribution in [0.5, 0.6) is 0 Å². The third-order valence-corrected chi connectivity index (χ3v) is 3.49. The molecule has 150 valence electrons. The van der Waals surface area contributed by atoms with Crippen LogP contribution in [-0.2, 0) is 25.6 Å². The Balaban J connectivity index is 2.59. The lowest BCUT2D eigenvalue weighted by Crippen LogP contribution is -2.25. The molecule has 0 spiro atoms. The number of hydrogen-bond donors (Lipinski definition) is 4. The lowest BCUT2D eigenvalue weighted by atomic mass is 10.0. The van der Waals surface area contributed by atoms with E-state index in [2.05, 4.69) is 11.9 Å². The molecular weight excluding hydrogens is 366 g/mol. The summed E-state index contributed by atoms with van der Waals surface area (Å²) in [7, 11) is 0. The monoisotopic (exact) mass is 389 g/mol. The summed E-state index contributed by atoms with van der Waals surface area (Å²) >= 11 is 0. The smallest absolute Gasteiger partial charge is 0.407 e. The number of nitrogens with one attached hydrogen (secondary N) is 1. The summed E-state index contributed by atoms with van der Waals surface area (Å²) in [6, 6.07) is 4.55. The Bertz CT molecular complexity index is 781. The molecule has 1 aromatic carbocycles. The molecule has 0 fully saturated rings. The molecule has 1 atom stereocenters. The van der Waals surface area contributed by atoms with Crippen molar-refractivity contribution in [3.05, 3.63) is 47.0 Å². The van der Waals surface area contributed by atoms with Gasteiger partial charge in [-0.05, 0) is 36.3 Å². The Labute approximate surface area is 162 Å². The zero-order valence-corrected chi connectivity index (χ0v) is 15.5. The summed E-state index contributed by atoms with van der Waals surface area (Å²) in [6.07, 6.45) is -1.33. The third-order valence-electron chi connectivity index (χ3n) is 3.49. The van der Waals surface area contributed by atoms with Crippen LogP contribution in [-0.4, -0.2) is 42.6 Å². The molecule has 0 aliphatic rings. The van der Waals surface area contributed by atoms with E-state index in [0.29, 0.717) is 28.7 Å². The fourth-order valence-electron chi connectivity index (χ4n) is 2.01. The van der Waals surface area contributed by atoms with Crippen molar-refractivity contribution < 1.29 is 29.0 Å². The molecule has 9 nitrogen and oxygen atoms in total. The van der Waals surface area contributed by atoms with Crippen molar-refractivity contribution in [2.45, 2.75) is 26.2 Å². The molecule has 0 aromatic heterocycles. The molecule has 1 unspecified atom stereocenters. The number of aliphatic hydroxyl groups excluding tert-OH is 1. The predicted octanol–water partition coefficient (Wildman–Crippen LogP) is 0.476. The van der Waals surface area contributed by atoms with E-state index in [9.17, 15) is 19.5 Å². The van der Waals surface area contributed by atoms with Crippen LogP contribution in [0.25, 0.3) is 11.4 Å². The van der Waals surface area contributed by atoms with Crippen molar-refractivity contribution >= 4 is 29.4 Å². The Morgan fingerprint density at radius 2 is 1.75 bits per heavy atom. The van der Waals surface area contributed by atoms with Gasteiger partial charge < -0.3 is 31.4 Å². The number of benzene rings is 1. The van der Waals surface area contributed by atoms with Gasteiger partial charge in [-0.3, -0.25) is 0 Å². The Kier molecular flexibility index (Phi) is 9.22. The molecule has 6 N–H and O–H groups in total. The van der Waals surface area contributed by atoms with Crippen LogP contribution in [0.1, 0.15) is 30.0 Å². The number of alkyl carbamates (subject to hydrolysis) is 1. The van der Waals surface area contributed by atoms with E-state index in [1.165, 1.54) is 6.07 Å². The minimum absolute atomic E-state index is 0.0445. The highest BCUT2D eigenvalue weighted by Crippen LogP contribution is 2.17. The fourth-order valence-corrected chi connectivity index (χ4v) is 2.01. The number of rotatable bonds is 10. The second kappa shape index (κ2) is 11.4. The van der Waals surface area contributed by atoms with Crippen molar-refractivity contribution in [3.8, 4) is 0 Å². The highest BCUT2D eigenvalue weighted by molar-refractivity contribution is 5.89. The van der Waals surface area contributed by atoms with Gasteiger partial charge in [0.15, 0.2) is 18.2 Å². The number of carbonyl (C=O) groups is 1. The van der Waals surface area contributed by atoms with E-state index in [-0.39, 0.29) is 31.2 Å². The predicted molar refractivity (Wildman–Crippen MR) is 103 cm³/mol. The van der Waals surface area contributed by atoms with E-state index < -0.39 is 12.4 Å². The van der Waals surface area contributed by atoms with Crippen molar-refractivity contribution in [2.75, 3.05) is 13.2 Å². The van der Waals surface area contributed by atoms with Gasteiger partial charge in [-0.2, -0.15) is 0 Å². The summed E-state index contributed by atoms with van der Waals surface area (Å²) in [5.74, 6) is 3.12. The molecule has 0 saturated carbocycles. The molecule has 0 radical (unpaired) electrons. The Morgan fingerprint density at radius 1 is 1.18 bits per heavy atom. The van der Waals surface area contributed by atoms with E-state index in [4.69, 9.17) is 20.9 Å². The maximum atomic E-state index is 11.7. The first-order valence-electron chi connectivity index (χ1n) is 8.30. The molecule has 28 heavy (non-hydrogen) atoms. The van der Waals surface area contributed by atoms with Gasteiger partial charge in [-0.1, -0.05) is 6.58 Å². The summed E-state index contributed by atoms with van der Waals surface area (Å²) in [5.41, 5.74) is 12.4. The summed E-state index contributed by atoms with van der Waals surface area (Å²) in [6.45, 7) is 5.50. The largest absolute Gasteiger partial charge is 0.449 e. The number of hydrogen-bond acceptors (Lipinski definition) is 8. The summed E-state index contributed by atoms with van der Waals surface area (Å²) in [4.78, 5) is 33.3. The van der Waals surface area contributed by atoms with Crippen molar-refractivity contribution in [1.29, 1.82) is 0 Å². The van der Waals surface area contributed by atoms with Crippen LogP contribution >= 0.6 is 0 Å². The molecule has 0 aliphatic carbocycles. The average Bonchev–Trinajstić information content (AvgIpc) is 2.70. The standard InChI is InChI=1S/C19H23N3O6/c1-12(2)18(25)27-4-3-5-28-19(26)22-9-13-6-14(16(20)10-23)8-15(7-13)17(21)11-24/h6-8,18,25H,1,3-5,9,20-21H2,2H3,(H,22,26). The van der Waals surface area contributed by atoms with Crippen molar-refractivity contribution in [1.82, 2.24) is 5.32 Å². The molecule has 9 heteroatoms. The topological polar surface area (TPSA) is 154 Å². The van der Waals surface area contributed by atoms with Crippen LogP contribution in [0.3, 0.4) is 0 Å². The van der Waals surface area contributed by atoms with E-state index >= 15 is 0 Å². The molecule has 1 amide bonds. The highest BCUT2D eigenvalue weighted by Gasteiger charge is 2.09. The second-order valence-electron chi connectivity index (χ2n) is 5.86. The maximum absolute atomic E-state index is 11.7. The molecule has 0 saturated heterocycles. The lowest BCUT2D eigenvalue weighted by molar-refractivity contribution is -0.0747. The zero-order chi connectivity index (χ0) is 21.1. The normalized spacial score (nSPS) is 10.9. The van der Waals surface area contributed by atoms with Crippen LogP contribution < -0.4 is 16.8 Å². The Hall–Kier alpha value is -3.35. The van der Waals surface area contributed by atoms with Gasteiger partial charge in [-0.25, -0.2) is 14.4 Å². The number of nitrogens with two attached hydrogens (primary N) is 2. The minimum atomic E-state index is -1.05. The Morgan fingerprint density at radius 3 is 2.25 bits per heavy atom. The lowest BCUT2D eigenvalue weighted by Gasteiger charge is -2.12. The highest BCUT2D eigenvalue weighted by atomic mass is 16.6. The van der Waals surface area contributed by atoms with Crippen LogP contribution in [0.4, 0.5) is 4.79 Å². The van der Waals surface area contributed by atoms with Gasteiger partial charge in [0.25, 0.3) is 0 Å². The first-order chi connectivity index (χ1) is 13.3. The van der Waals surface area contributed by atoms with Crippen LogP contribution in [0.15, 0.2) is 30.4 Å². The number of carbonyl (C=O) groups excluding carboxylic acids is 3. The van der Waals surface area contributed by atoms with Crippen molar-refractivity contribution in [2.24, 2.45) is 11.5 Å². The first kappa shape index (κ1) is 22.7. The minimum Gasteiger partial charge on any atom is -0.449 e. The van der Waals surface area contributed by atoms with Crippen LogP contribution in [0, 0.1) is 0 Å². The van der Waals surface area contributed by atoms with Crippen LogP contribution in [0.2, 0.25) is 0 Å². The zero-order valence-electron chi connectivity index (χ0n) is 15.5. The van der Waals surface area contributed by atoms with E-state index in [0.717, 1.165) is 0 Å². The van der Waals surface area contributed by atoms with Gasteiger partial charge in [0, 0.05) is 24.1 Å². The summed E-state index contributed by atoms with van der Waals surface area (Å²) < 4.78 is 10.0. The SMILES string of the molecule is C=C(C)C(O)OCCCOC(=O)NCc1cc(C(N)=C=O)cc(C(N)=C=O)c1. The van der Waals surface area contributed by atoms with Gasteiger partial charge in [0.1, 0.15) is 11.4 Å². The molecule has 0 aliphatic heterocycles. The van der Waals surface area contributed by atoms with Gasteiger partial charge in [0.2, 0.25) is 0 Å². The molecule has 1 rings (SSSR count). The molecule has 1 aromatic rings. The quantitative estimate of drug-likeness (QED) is 0.195. The number of aliphatic hydroxyl groups is 1. The molecular formula is C19H23N3O6. The fraction of sp³-hybridized carbons (Fsp3) is 0.316. The van der Waals surface area contributed by atoms with Gasteiger partial charge in [-0.15, -0.1) is 0 Å². The van der Waals surface area contributed by atoms with Gasteiger partial charge in [0.05, 0.1) is 13.2 Å². The van der Waals surface area contributed by atoms with Crippen molar-refractivity contribution in [3.63, 3.8) is 0 Å². The number of amides is 1. The second-order valence-corrected chi connectivity index (χ2v) is 5.86. The third kappa shape index (κ3) is 7.49. The molecule has 0 heterocycles. The van der Waals surface area contributed by atoms with Gasteiger partial charge >= 0.3 is 6.09 Å². The average molecular weight is 389 g/mol. The maximum Gasteiger partial charge on any atom is 0.407 e. The van der Waals surface area contributed by atoms with E-state index in [1.54, 1.807) is 30.9 Å². The summed E-state index contributed by atoms with van der Waals surface area (Å²) in [5, 5.41) is 11.9. The van der Waals surface area contributed by atoms with E-state index in [1.807, 2.05) is 0 Å². The molecule has 0 bridgehead atoms. The number of ether oxygens (including phenoxy) is 2. The first-order valence-corrected chi connectivity index (χ1v) is 8.30.